The molecule has 2 aromatic rings. The quantitative estimate of drug-likeness (QED) is 0.737. The van der Waals surface area contributed by atoms with E-state index >= 15 is 0 Å². The molecule has 1 atom stereocenters. The van der Waals surface area contributed by atoms with Crippen LogP contribution in [0.1, 0.15) is 47.4 Å². The third-order valence-corrected chi connectivity index (χ3v) is 4.27. The average Bonchev–Trinajstić information content (AvgIpc) is 3.46. The van der Waals surface area contributed by atoms with E-state index in [2.05, 4.69) is 10.6 Å². The highest BCUT2D eigenvalue weighted by Gasteiger charge is 2.23. The summed E-state index contributed by atoms with van der Waals surface area (Å²) in [5, 5.41) is 5.68. The van der Waals surface area contributed by atoms with Gasteiger partial charge in [0.25, 0.3) is 11.8 Å². The minimum absolute atomic E-state index is 0.0263. The van der Waals surface area contributed by atoms with Gasteiger partial charge in [-0.2, -0.15) is 0 Å². The molecule has 0 heterocycles. The van der Waals surface area contributed by atoms with Gasteiger partial charge in [-0.3, -0.25) is 14.4 Å². The number of benzene rings is 2. The summed E-state index contributed by atoms with van der Waals surface area (Å²) in [5.41, 5.74) is 1.74. The molecule has 0 aliphatic heterocycles. The fourth-order valence-corrected chi connectivity index (χ4v) is 2.47. The third-order valence-electron chi connectivity index (χ3n) is 4.27. The van der Waals surface area contributed by atoms with Crippen LogP contribution < -0.4 is 15.4 Å². The fourth-order valence-electron chi connectivity index (χ4n) is 2.47. The lowest BCUT2D eigenvalue weighted by molar-refractivity contribution is -0.122. The number of carbonyl (C=O) groups excluding carboxylic acids is 3. The molecule has 0 unspecified atom stereocenters. The van der Waals surface area contributed by atoms with Crippen molar-refractivity contribution >= 4 is 23.3 Å². The first-order valence-electron chi connectivity index (χ1n) is 8.92. The van der Waals surface area contributed by atoms with E-state index in [0.717, 1.165) is 12.8 Å². The summed E-state index contributed by atoms with van der Waals surface area (Å²) in [5.74, 6) is 0.0817. The largest absolute Gasteiger partial charge is 0.481 e. The van der Waals surface area contributed by atoms with E-state index in [0.29, 0.717) is 28.6 Å². The van der Waals surface area contributed by atoms with Crippen LogP contribution in [0.15, 0.2) is 48.5 Å². The number of rotatable bonds is 7. The van der Waals surface area contributed by atoms with Crippen LogP contribution >= 0.6 is 0 Å². The number of amides is 2. The van der Waals surface area contributed by atoms with Crippen molar-refractivity contribution in [3.8, 4) is 5.75 Å². The smallest absolute Gasteiger partial charge is 0.265 e. The first kappa shape index (κ1) is 18.6. The van der Waals surface area contributed by atoms with Crippen LogP contribution in [0, 0.1) is 0 Å². The van der Waals surface area contributed by atoms with E-state index in [9.17, 15) is 14.4 Å². The molecule has 140 valence electrons. The zero-order valence-electron chi connectivity index (χ0n) is 15.3. The molecule has 2 N–H and O–H groups in total. The van der Waals surface area contributed by atoms with Gasteiger partial charge in [0, 0.05) is 22.9 Å². The maximum absolute atomic E-state index is 12.3. The second-order valence-electron chi connectivity index (χ2n) is 6.65. The second kappa shape index (κ2) is 8.03. The second-order valence-corrected chi connectivity index (χ2v) is 6.65. The molecule has 2 amide bonds. The molecular weight excluding hydrogens is 344 g/mol. The average molecular weight is 366 g/mol. The summed E-state index contributed by atoms with van der Waals surface area (Å²) >= 11 is 0. The third kappa shape index (κ3) is 5.17. The predicted octanol–water partition coefficient (Wildman–Crippen LogP) is 3.19. The molecule has 0 bridgehead atoms. The summed E-state index contributed by atoms with van der Waals surface area (Å²) < 4.78 is 5.61. The van der Waals surface area contributed by atoms with E-state index in [1.807, 2.05) is 0 Å². The van der Waals surface area contributed by atoms with Crippen molar-refractivity contribution in [1.29, 1.82) is 0 Å². The number of hydrogen-bond donors (Lipinski definition) is 2. The van der Waals surface area contributed by atoms with Crippen molar-refractivity contribution in [3.63, 3.8) is 0 Å². The Morgan fingerprint density at radius 2 is 1.56 bits per heavy atom. The topological polar surface area (TPSA) is 84.5 Å². The number of Topliss-reactive ketones (excluding diaryl/α,β-unsaturated/α-hetero) is 1. The monoisotopic (exact) mass is 366 g/mol. The Morgan fingerprint density at radius 3 is 2.11 bits per heavy atom. The van der Waals surface area contributed by atoms with Crippen LogP contribution in [0.3, 0.4) is 0 Å². The molecule has 1 aliphatic carbocycles. The van der Waals surface area contributed by atoms with Crippen molar-refractivity contribution < 1.29 is 19.1 Å². The lowest BCUT2D eigenvalue weighted by Gasteiger charge is -2.15. The number of ketones is 1. The lowest BCUT2D eigenvalue weighted by atomic mass is 10.1. The van der Waals surface area contributed by atoms with Gasteiger partial charge in [-0.05, 0) is 75.2 Å². The minimum Gasteiger partial charge on any atom is -0.481 e. The van der Waals surface area contributed by atoms with Crippen LogP contribution in [0.2, 0.25) is 0 Å². The lowest BCUT2D eigenvalue weighted by Crippen LogP contribution is -2.30. The van der Waals surface area contributed by atoms with Gasteiger partial charge >= 0.3 is 0 Å². The number of carbonyl (C=O) groups is 3. The highest BCUT2D eigenvalue weighted by molar-refractivity contribution is 5.97. The standard InChI is InChI=1S/C21H22N2O4/c1-13(24)15-5-11-19(12-6-15)27-14(2)20(25)22-17-7-3-16(4-8-17)21(26)23-18-9-10-18/h3-8,11-12,14,18H,9-10H2,1-2H3,(H,22,25)(H,23,26)/t14-/m1/s1. The highest BCUT2D eigenvalue weighted by atomic mass is 16.5. The van der Waals surface area contributed by atoms with Crippen LogP contribution in [0.4, 0.5) is 5.69 Å². The number of anilines is 1. The first-order chi connectivity index (χ1) is 12.9. The van der Waals surface area contributed by atoms with E-state index in [-0.39, 0.29) is 17.6 Å². The van der Waals surface area contributed by atoms with Crippen molar-refractivity contribution in [2.45, 2.75) is 38.8 Å². The minimum atomic E-state index is -0.717. The zero-order chi connectivity index (χ0) is 19.4. The Morgan fingerprint density at radius 1 is 0.963 bits per heavy atom. The molecule has 6 nitrogen and oxygen atoms in total. The summed E-state index contributed by atoms with van der Waals surface area (Å²) in [4.78, 5) is 35.5. The van der Waals surface area contributed by atoms with E-state index in [1.165, 1.54) is 6.92 Å². The maximum atomic E-state index is 12.3. The Labute approximate surface area is 157 Å². The number of hydrogen-bond acceptors (Lipinski definition) is 4. The first-order valence-corrected chi connectivity index (χ1v) is 8.92. The maximum Gasteiger partial charge on any atom is 0.265 e. The van der Waals surface area contributed by atoms with Gasteiger partial charge in [-0.15, -0.1) is 0 Å². The Bertz CT molecular complexity index is 839. The molecule has 27 heavy (non-hydrogen) atoms. The van der Waals surface area contributed by atoms with Crippen LogP contribution in [0.25, 0.3) is 0 Å². The predicted molar refractivity (Wildman–Crippen MR) is 102 cm³/mol. The van der Waals surface area contributed by atoms with Crippen molar-refractivity contribution in [1.82, 2.24) is 5.32 Å². The number of nitrogens with one attached hydrogen (secondary N) is 2. The van der Waals surface area contributed by atoms with Gasteiger partial charge < -0.3 is 15.4 Å². The van der Waals surface area contributed by atoms with Gasteiger partial charge in [-0.25, -0.2) is 0 Å². The molecule has 0 aromatic heterocycles. The van der Waals surface area contributed by atoms with Crippen molar-refractivity contribution in [2.75, 3.05) is 5.32 Å². The van der Waals surface area contributed by atoms with Crippen LogP contribution in [-0.4, -0.2) is 29.7 Å². The molecule has 1 fully saturated rings. The van der Waals surface area contributed by atoms with E-state index in [4.69, 9.17) is 4.74 Å². The number of ether oxygens (including phenoxy) is 1. The van der Waals surface area contributed by atoms with Gasteiger partial charge in [0.1, 0.15) is 5.75 Å². The van der Waals surface area contributed by atoms with Gasteiger partial charge in [-0.1, -0.05) is 0 Å². The molecule has 6 heteroatoms. The van der Waals surface area contributed by atoms with Gasteiger partial charge in [0.15, 0.2) is 11.9 Å². The Kier molecular flexibility index (Phi) is 5.54. The zero-order valence-corrected chi connectivity index (χ0v) is 15.3. The Balaban J connectivity index is 1.54. The molecule has 2 aromatic carbocycles. The molecule has 0 saturated heterocycles. The molecule has 1 saturated carbocycles. The molecule has 0 radical (unpaired) electrons. The molecule has 1 aliphatic rings. The summed E-state index contributed by atoms with van der Waals surface area (Å²) in [6.07, 6.45) is 1.36. The summed E-state index contributed by atoms with van der Waals surface area (Å²) in [7, 11) is 0. The fraction of sp³-hybridized carbons (Fsp3) is 0.286. The molecule has 0 spiro atoms. The van der Waals surface area contributed by atoms with Gasteiger partial charge in [0.05, 0.1) is 0 Å². The van der Waals surface area contributed by atoms with E-state index < -0.39 is 6.10 Å². The summed E-state index contributed by atoms with van der Waals surface area (Å²) in [6.45, 7) is 3.14. The van der Waals surface area contributed by atoms with E-state index in [1.54, 1.807) is 55.5 Å². The SMILES string of the molecule is CC(=O)c1ccc(O[C@H](C)C(=O)Nc2ccc(C(=O)NC3CC3)cc2)cc1. The summed E-state index contributed by atoms with van der Waals surface area (Å²) in [6, 6.07) is 13.7. The van der Waals surface area contributed by atoms with Gasteiger partial charge in [0.2, 0.25) is 0 Å². The van der Waals surface area contributed by atoms with Crippen LogP contribution in [0.5, 0.6) is 5.75 Å². The highest BCUT2D eigenvalue weighted by Crippen LogP contribution is 2.20. The molecular formula is C21H22N2O4. The molecule has 3 rings (SSSR count). The Hall–Kier alpha value is -3.15. The van der Waals surface area contributed by atoms with Crippen molar-refractivity contribution in [2.24, 2.45) is 0 Å². The van der Waals surface area contributed by atoms with Crippen LogP contribution in [-0.2, 0) is 4.79 Å². The normalized spacial score (nSPS) is 14.1. The van der Waals surface area contributed by atoms with Crippen molar-refractivity contribution in [3.05, 3.63) is 59.7 Å².